The molecule has 1 aromatic carbocycles. The topological polar surface area (TPSA) is 197 Å². The van der Waals surface area contributed by atoms with E-state index >= 15 is 0 Å². The maximum Gasteiger partial charge on any atom is 0.245 e. The lowest BCUT2D eigenvalue weighted by molar-refractivity contribution is -0.147. The van der Waals surface area contributed by atoms with E-state index in [0.29, 0.717) is 45.3 Å². The Balaban J connectivity index is 1.73. The van der Waals surface area contributed by atoms with Crippen LogP contribution >= 0.6 is 11.3 Å². The number of hydrogen-bond acceptors (Lipinski definition) is 11. The van der Waals surface area contributed by atoms with Crippen LogP contribution in [0, 0.1) is 23.7 Å². The van der Waals surface area contributed by atoms with Crippen molar-refractivity contribution in [3.63, 3.8) is 0 Å². The molecule has 0 spiro atoms. The third-order valence-electron chi connectivity index (χ3n) is 12.4. The number of likely N-dealkylation sites (tertiary alicyclic amines) is 1. The smallest absolute Gasteiger partial charge is 0.245 e. The van der Waals surface area contributed by atoms with Crippen molar-refractivity contribution in [3.05, 3.63) is 52.5 Å². The Kier molecular flexibility index (Phi) is 21.9. The number of thiazole rings is 1. The average molecular weight is 886 g/mol. The molecule has 0 radical (unpaired) electrons. The first-order valence-corrected chi connectivity index (χ1v) is 23.2. The number of unbranched alkanes of at least 4 members (excludes halogenated alkanes) is 2. The van der Waals surface area contributed by atoms with E-state index in [0.717, 1.165) is 23.4 Å². The Hall–Kier alpha value is -3.96. The fraction of sp³-hybridized carbons (Fsp3) is 0.696. The second-order valence-corrected chi connectivity index (χ2v) is 18.5. The lowest BCUT2D eigenvalue weighted by Gasteiger charge is -2.40. The van der Waals surface area contributed by atoms with Crippen LogP contribution in [-0.4, -0.2) is 125 Å². The molecule has 3 rings (SSSR count). The van der Waals surface area contributed by atoms with Gasteiger partial charge in [-0.3, -0.25) is 24.0 Å². The van der Waals surface area contributed by atoms with Gasteiger partial charge in [0.2, 0.25) is 29.5 Å². The summed E-state index contributed by atoms with van der Waals surface area (Å²) in [5.74, 6) is 2.22. The molecule has 2 aromatic rings. The van der Waals surface area contributed by atoms with E-state index in [1.165, 1.54) is 21.1 Å². The zero-order chi connectivity index (χ0) is 46.1. The van der Waals surface area contributed by atoms with Gasteiger partial charge in [0.25, 0.3) is 0 Å². The van der Waals surface area contributed by atoms with Crippen LogP contribution < -0.4 is 16.5 Å². The van der Waals surface area contributed by atoms with Gasteiger partial charge < -0.3 is 40.0 Å². The van der Waals surface area contributed by atoms with Gasteiger partial charge in [0.15, 0.2) is 0 Å². The number of methoxy groups -OCH3 is 1. The molecule has 5 N–H and O–H groups in total. The van der Waals surface area contributed by atoms with E-state index in [9.17, 15) is 29.1 Å². The number of amides is 5. The van der Waals surface area contributed by atoms with Crippen LogP contribution in [0.3, 0.4) is 0 Å². The molecule has 2 heterocycles. The lowest BCUT2D eigenvalue weighted by atomic mass is 9.89. The minimum Gasteiger partial charge on any atom is -0.390 e. The quantitative estimate of drug-likeness (QED) is 0.0747. The largest absolute Gasteiger partial charge is 0.390 e. The third-order valence-corrected chi connectivity index (χ3v) is 13.3. The summed E-state index contributed by atoms with van der Waals surface area (Å²) in [6, 6.07) is 6.66. The minimum atomic E-state index is -1.22. The van der Waals surface area contributed by atoms with Gasteiger partial charge >= 0.3 is 0 Å². The number of aromatic nitrogens is 1. The number of aliphatic hydroxyl groups is 1. The van der Waals surface area contributed by atoms with Crippen molar-refractivity contribution >= 4 is 40.9 Å². The highest BCUT2D eigenvalue weighted by Gasteiger charge is 2.43. The predicted molar refractivity (Wildman–Crippen MR) is 241 cm³/mol. The SMILES string of the molecule is CCC(C)C(C(O)CC(=O)N1CCCC1C(OC)C(C)C(=O)NC(Cc1ccccc1)c1nccs1)N(C)C(=O)C(NC(=O)C(C(C)C)N(C)C(=O)CCCCCON)C(C)C. The number of hydrogen-bond donors (Lipinski definition) is 4. The van der Waals surface area contributed by atoms with E-state index in [1.54, 1.807) is 32.3 Å². The van der Waals surface area contributed by atoms with E-state index < -0.39 is 54.1 Å². The number of nitrogens with zero attached hydrogens (tertiary/aromatic N) is 4. The standard InChI is InChI=1S/C46H75N7O8S/c1-11-31(6)41(52(9)46(59)39(29(2)3)50-44(58)40(30(4)5)51(8)37(55)22-16-13-17-25-61-47)36(54)28-38(56)53-24-18-21-35(53)42(60-10)32(7)43(57)49-34(45-48-23-26-62-45)27-33-19-14-12-15-20-33/h12,14-15,19-20,23,26,29-32,34-36,39-42,54H,11,13,16-18,21-22,24-25,27-28,47H2,1-10H3,(H,49,57)(H,50,58). The molecule has 1 aliphatic rings. The Morgan fingerprint density at radius 1 is 0.968 bits per heavy atom. The molecule has 1 aliphatic heterocycles. The summed E-state index contributed by atoms with van der Waals surface area (Å²) in [5.41, 5.74) is 1.07. The molecule has 0 bridgehead atoms. The van der Waals surface area contributed by atoms with Crippen LogP contribution in [0.4, 0.5) is 0 Å². The maximum atomic E-state index is 14.4. The fourth-order valence-electron chi connectivity index (χ4n) is 8.74. The lowest BCUT2D eigenvalue weighted by Crippen LogP contribution is -2.60. The predicted octanol–water partition coefficient (Wildman–Crippen LogP) is 4.88. The molecule has 1 saturated heterocycles. The highest BCUT2D eigenvalue weighted by Crippen LogP contribution is 2.30. The van der Waals surface area contributed by atoms with E-state index in [-0.39, 0.29) is 54.4 Å². The second kappa shape index (κ2) is 26.0. The molecular weight excluding hydrogens is 811 g/mol. The molecule has 62 heavy (non-hydrogen) atoms. The molecule has 9 atom stereocenters. The number of ether oxygens (including phenoxy) is 1. The molecule has 16 heteroatoms. The van der Waals surface area contributed by atoms with Gasteiger partial charge in [-0.1, -0.05) is 91.6 Å². The Morgan fingerprint density at radius 3 is 2.24 bits per heavy atom. The Morgan fingerprint density at radius 2 is 1.66 bits per heavy atom. The number of likely N-dealkylation sites (N-methyl/N-ethyl adjacent to an activating group) is 2. The summed E-state index contributed by atoms with van der Waals surface area (Å²) in [4.78, 5) is 83.3. The zero-order valence-corrected chi connectivity index (χ0v) is 39.6. The van der Waals surface area contributed by atoms with Crippen molar-refractivity contribution < 1.29 is 38.7 Å². The van der Waals surface area contributed by atoms with Crippen molar-refractivity contribution in [2.45, 2.75) is 149 Å². The number of aliphatic hydroxyl groups excluding tert-OH is 1. The fourth-order valence-corrected chi connectivity index (χ4v) is 9.43. The first-order valence-electron chi connectivity index (χ1n) is 22.4. The van der Waals surface area contributed by atoms with Crippen molar-refractivity contribution in [2.24, 2.45) is 29.6 Å². The number of nitrogens with two attached hydrogens (primary N) is 1. The van der Waals surface area contributed by atoms with Crippen LogP contribution in [0.1, 0.15) is 116 Å². The number of nitrogens with one attached hydrogen (secondary N) is 2. The number of benzene rings is 1. The van der Waals surface area contributed by atoms with Crippen LogP contribution in [0.25, 0.3) is 0 Å². The highest BCUT2D eigenvalue weighted by atomic mass is 32.1. The molecular formula is C46H75N7O8S. The van der Waals surface area contributed by atoms with Crippen molar-refractivity contribution in [3.8, 4) is 0 Å². The van der Waals surface area contributed by atoms with Crippen LogP contribution in [0.2, 0.25) is 0 Å². The first kappa shape index (κ1) is 52.4. The van der Waals surface area contributed by atoms with Gasteiger partial charge in [0.05, 0.1) is 49.3 Å². The summed E-state index contributed by atoms with van der Waals surface area (Å²) in [6.45, 7) is 14.0. The number of rotatable bonds is 26. The van der Waals surface area contributed by atoms with Gasteiger partial charge in [0, 0.05) is 45.7 Å². The van der Waals surface area contributed by atoms with Crippen LogP contribution in [0.5, 0.6) is 0 Å². The highest BCUT2D eigenvalue weighted by molar-refractivity contribution is 7.09. The van der Waals surface area contributed by atoms with Gasteiger partial charge in [-0.05, 0) is 55.4 Å². The Bertz CT molecular complexity index is 1680. The monoisotopic (exact) mass is 886 g/mol. The normalized spacial score (nSPS) is 18.0. The molecule has 1 fully saturated rings. The molecule has 15 nitrogen and oxygen atoms in total. The van der Waals surface area contributed by atoms with E-state index in [2.05, 4.69) is 20.5 Å². The van der Waals surface area contributed by atoms with Crippen LogP contribution in [-0.2, 0) is 40.0 Å². The van der Waals surface area contributed by atoms with E-state index in [1.807, 2.05) is 84.2 Å². The molecule has 0 saturated carbocycles. The van der Waals surface area contributed by atoms with Gasteiger partial charge in [-0.25, -0.2) is 10.9 Å². The average Bonchev–Trinajstić information content (AvgIpc) is 3.96. The van der Waals surface area contributed by atoms with Crippen molar-refractivity contribution in [2.75, 3.05) is 34.4 Å². The summed E-state index contributed by atoms with van der Waals surface area (Å²) < 4.78 is 5.99. The number of carbonyl (C=O) groups excluding carboxylic acids is 5. The number of carbonyl (C=O) groups is 5. The third kappa shape index (κ3) is 14.5. The van der Waals surface area contributed by atoms with Gasteiger partial charge in [-0.15, -0.1) is 11.3 Å². The van der Waals surface area contributed by atoms with Crippen LogP contribution in [0.15, 0.2) is 41.9 Å². The second-order valence-electron chi connectivity index (χ2n) is 17.6. The zero-order valence-electron chi connectivity index (χ0n) is 38.7. The van der Waals surface area contributed by atoms with E-state index in [4.69, 9.17) is 10.6 Å². The van der Waals surface area contributed by atoms with Crippen molar-refractivity contribution in [1.29, 1.82) is 0 Å². The molecule has 0 aliphatic carbocycles. The molecule has 348 valence electrons. The Labute approximate surface area is 373 Å². The van der Waals surface area contributed by atoms with Crippen molar-refractivity contribution in [1.82, 2.24) is 30.3 Å². The molecule has 5 amide bonds. The first-order chi connectivity index (χ1) is 29.5. The summed E-state index contributed by atoms with van der Waals surface area (Å²) >= 11 is 1.48. The molecule has 1 aromatic heterocycles. The van der Waals surface area contributed by atoms with Gasteiger partial charge in [0.1, 0.15) is 17.1 Å². The minimum absolute atomic E-state index is 0.171. The maximum absolute atomic E-state index is 14.4. The summed E-state index contributed by atoms with van der Waals surface area (Å²) in [5, 5.41) is 20.7. The summed E-state index contributed by atoms with van der Waals surface area (Å²) in [6.07, 6.45) is 4.55. The molecule has 9 unspecified atom stereocenters. The summed E-state index contributed by atoms with van der Waals surface area (Å²) in [7, 11) is 4.77. The van der Waals surface area contributed by atoms with Gasteiger partial charge in [-0.2, -0.15) is 0 Å².